The SMILES string of the molecule is O=C(NC1CC1)c1ccc(Nc2ncccc2[N+](=O)[O-])cc1. The molecule has 0 radical (unpaired) electrons. The van der Waals surface area contributed by atoms with Crippen LogP contribution in [0.1, 0.15) is 23.2 Å². The predicted octanol–water partition coefficient (Wildman–Crippen LogP) is 2.63. The summed E-state index contributed by atoms with van der Waals surface area (Å²) in [6.45, 7) is 0. The van der Waals surface area contributed by atoms with Gasteiger partial charge in [0.2, 0.25) is 5.82 Å². The number of rotatable bonds is 5. The topological polar surface area (TPSA) is 97.2 Å². The molecule has 2 aromatic rings. The molecule has 22 heavy (non-hydrogen) atoms. The van der Waals surface area contributed by atoms with E-state index in [2.05, 4.69) is 15.6 Å². The first-order valence-electron chi connectivity index (χ1n) is 6.91. The lowest BCUT2D eigenvalue weighted by Gasteiger charge is -2.07. The van der Waals surface area contributed by atoms with Crippen molar-refractivity contribution >= 4 is 23.1 Å². The molecule has 0 atom stereocenters. The van der Waals surface area contributed by atoms with Crippen LogP contribution in [0.4, 0.5) is 17.2 Å². The van der Waals surface area contributed by atoms with E-state index >= 15 is 0 Å². The predicted molar refractivity (Wildman–Crippen MR) is 81.1 cm³/mol. The Balaban J connectivity index is 1.73. The number of amides is 1. The Morgan fingerprint density at radius 3 is 2.59 bits per heavy atom. The number of pyridine rings is 1. The fourth-order valence-corrected chi connectivity index (χ4v) is 1.98. The monoisotopic (exact) mass is 298 g/mol. The fourth-order valence-electron chi connectivity index (χ4n) is 1.98. The van der Waals surface area contributed by atoms with Crippen LogP contribution in [0.2, 0.25) is 0 Å². The molecule has 7 nitrogen and oxygen atoms in total. The maximum Gasteiger partial charge on any atom is 0.311 e. The summed E-state index contributed by atoms with van der Waals surface area (Å²) in [7, 11) is 0. The molecule has 1 amide bonds. The minimum atomic E-state index is -0.493. The van der Waals surface area contributed by atoms with Gasteiger partial charge in [0.15, 0.2) is 0 Å². The van der Waals surface area contributed by atoms with Gasteiger partial charge in [0.05, 0.1) is 4.92 Å². The van der Waals surface area contributed by atoms with E-state index in [1.807, 2.05) is 0 Å². The lowest BCUT2D eigenvalue weighted by atomic mass is 10.2. The van der Waals surface area contributed by atoms with Crippen molar-refractivity contribution in [3.63, 3.8) is 0 Å². The zero-order valence-corrected chi connectivity index (χ0v) is 11.7. The number of carbonyl (C=O) groups is 1. The summed E-state index contributed by atoms with van der Waals surface area (Å²) >= 11 is 0. The highest BCUT2D eigenvalue weighted by atomic mass is 16.6. The van der Waals surface area contributed by atoms with E-state index in [1.165, 1.54) is 18.3 Å². The Labute approximate surface area is 126 Å². The first-order chi connectivity index (χ1) is 10.6. The van der Waals surface area contributed by atoms with Crippen LogP contribution in [0.25, 0.3) is 0 Å². The number of anilines is 2. The number of nitro groups is 1. The molecule has 0 aliphatic heterocycles. The Bertz CT molecular complexity index is 711. The largest absolute Gasteiger partial charge is 0.349 e. The third-order valence-corrected chi connectivity index (χ3v) is 3.31. The molecule has 1 aliphatic rings. The number of nitrogens with zero attached hydrogens (tertiary/aromatic N) is 2. The zero-order chi connectivity index (χ0) is 15.5. The highest BCUT2D eigenvalue weighted by Gasteiger charge is 2.23. The van der Waals surface area contributed by atoms with Crippen molar-refractivity contribution in [2.75, 3.05) is 5.32 Å². The zero-order valence-electron chi connectivity index (χ0n) is 11.7. The minimum Gasteiger partial charge on any atom is -0.349 e. The van der Waals surface area contributed by atoms with Gasteiger partial charge in [-0.1, -0.05) is 0 Å². The number of aromatic nitrogens is 1. The van der Waals surface area contributed by atoms with Crippen LogP contribution >= 0.6 is 0 Å². The van der Waals surface area contributed by atoms with Crippen LogP contribution < -0.4 is 10.6 Å². The van der Waals surface area contributed by atoms with E-state index in [0.717, 1.165) is 12.8 Å². The second-order valence-electron chi connectivity index (χ2n) is 5.08. The molecule has 0 spiro atoms. The molecule has 0 unspecified atom stereocenters. The van der Waals surface area contributed by atoms with Crippen molar-refractivity contribution in [2.45, 2.75) is 18.9 Å². The summed E-state index contributed by atoms with van der Waals surface area (Å²) in [4.78, 5) is 26.3. The standard InChI is InChI=1S/C15H14N4O3/c20-15(18-12-7-8-12)10-3-5-11(6-4-10)17-14-13(19(21)22)2-1-9-16-14/h1-6,9,12H,7-8H2,(H,16,17)(H,18,20). The van der Waals surface area contributed by atoms with Crippen LogP contribution in [0.5, 0.6) is 0 Å². The molecule has 1 aromatic carbocycles. The van der Waals surface area contributed by atoms with Crippen molar-refractivity contribution in [2.24, 2.45) is 0 Å². The van der Waals surface area contributed by atoms with E-state index in [1.54, 1.807) is 24.3 Å². The smallest absolute Gasteiger partial charge is 0.311 e. The Morgan fingerprint density at radius 1 is 1.23 bits per heavy atom. The average molecular weight is 298 g/mol. The van der Waals surface area contributed by atoms with Crippen LogP contribution in [-0.4, -0.2) is 21.9 Å². The van der Waals surface area contributed by atoms with E-state index < -0.39 is 4.92 Å². The molecule has 112 valence electrons. The van der Waals surface area contributed by atoms with Gasteiger partial charge in [-0.05, 0) is 43.2 Å². The van der Waals surface area contributed by atoms with E-state index in [4.69, 9.17) is 0 Å². The highest BCUT2D eigenvalue weighted by Crippen LogP contribution is 2.25. The molecule has 7 heteroatoms. The molecular weight excluding hydrogens is 284 g/mol. The average Bonchev–Trinajstić information content (AvgIpc) is 3.32. The van der Waals surface area contributed by atoms with Gasteiger partial charge < -0.3 is 10.6 Å². The Kier molecular flexibility index (Phi) is 3.69. The number of hydrogen-bond donors (Lipinski definition) is 2. The quantitative estimate of drug-likeness (QED) is 0.653. The van der Waals surface area contributed by atoms with Crippen molar-refractivity contribution < 1.29 is 9.72 Å². The first kappa shape index (κ1) is 14.0. The van der Waals surface area contributed by atoms with Gasteiger partial charge in [-0.15, -0.1) is 0 Å². The van der Waals surface area contributed by atoms with E-state index in [9.17, 15) is 14.9 Å². The number of benzene rings is 1. The van der Waals surface area contributed by atoms with Gasteiger partial charge in [-0.2, -0.15) is 0 Å². The lowest BCUT2D eigenvalue weighted by Crippen LogP contribution is -2.25. The van der Waals surface area contributed by atoms with Crippen molar-refractivity contribution in [1.82, 2.24) is 10.3 Å². The summed E-state index contributed by atoms with van der Waals surface area (Å²) < 4.78 is 0. The lowest BCUT2D eigenvalue weighted by molar-refractivity contribution is -0.384. The van der Waals surface area contributed by atoms with Crippen LogP contribution in [-0.2, 0) is 0 Å². The third-order valence-electron chi connectivity index (χ3n) is 3.31. The van der Waals surface area contributed by atoms with Crippen molar-refractivity contribution in [3.8, 4) is 0 Å². The number of hydrogen-bond acceptors (Lipinski definition) is 5. The normalized spacial score (nSPS) is 13.5. The maximum atomic E-state index is 11.9. The number of carbonyl (C=O) groups excluding carboxylic acids is 1. The van der Waals surface area contributed by atoms with Crippen LogP contribution in [0.3, 0.4) is 0 Å². The summed E-state index contributed by atoms with van der Waals surface area (Å²) in [6, 6.07) is 9.94. The molecular formula is C15H14N4O3. The van der Waals surface area contributed by atoms with Gasteiger partial charge in [0, 0.05) is 29.6 Å². The fraction of sp³-hybridized carbons (Fsp3) is 0.200. The van der Waals surface area contributed by atoms with Gasteiger partial charge in [0.25, 0.3) is 5.91 Å². The van der Waals surface area contributed by atoms with E-state index in [0.29, 0.717) is 17.3 Å². The van der Waals surface area contributed by atoms with Gasteiger partial charge >= 0.3 is 5.69 Å². The molecule has 1 aliphatic carbocycles. The van der Waals surface area contributed by atoms with Gasteiger partial charge in [-0.25, -0.2) is 4.98 Å². The Morgan fingerprint density at radius 2 is 1.95 bits per heavy atom. The van der Waals surface area contributed by atoms with E-state index in [-0.39, 0.29) is 17.4 Å². The van der Waals surface area contributed by atoms with Gasteiger partial charge in [-0.3, -0.25) is 14.9 Å². The summed E-state index contributed by atoms with van der Waals surface area (Å²) in [6.07, 6.45) is 3.55. The third kappa shape index (κ3) is 3.20. The molecule has 1 aromatic heterocycles. The summed E-state index contributed by atoms with van der Waals surface area (Å²) in [5, 5.41) is 16.7. The minimum absolute atomic E-state index is 0.0990. The molecule has 2 N–H and O–H groups in total. The molecule has 0 saturated heterocycles. The molecule has 1 saturated carbocycles. The number of nitrogens with one attached hydrogen (secondary N) is 2. The molecule has 3 rings (SSSR count). The maximum absolute atomic E-state index is 11.9. The van der Waals surface area contributed by atoms with Crippen LogP contribution in [0.15, 0.2) is 42.6 Å². The summed E-state index contributed by atoms with van der Waals surface area (Å²) in [5.41, 5.74) is 1.09. The van der Waals surface area contributed by atoms with Crippen molar-refractivity contribution in [1.29, 1.82) is 0 Å². The Hall–Kier alpha value is -2.96. The van der Waals surface area contributed by atoms with Crippen LogP contribution in [0, 0.1) is 10.1 Å². The molecule has 1 heterocycles. The first-order valence-corrected chi connectivity index (χ1v) is 6.91. The van der Waals surface area contributed by atoms with Crippen molar-refractivity contribution in [3.05, 3.63) is 58.3 Å². The highest BCUT2D eigenvalue weighted by molar-refractivity contribution is 5.95. The van der Waals surface area contributed by atoms with Gasteiger partial charge in [0.1, 0.15) is 0 Å². The second kappa shape index (κ2) is 5.80. The summed E-state index contributed by atoms with van der Waals surface area (Å²) in [5.74, 6) is 0.0700. The second-order valence-corrected chi connectivity index (χ2v) is 5.08. The molecule has 0 bridgehead atoms. The molecule has 1 fully saturated rings.